The maximum atomic E-state index is 14.2. The number of hydrogen-bond donors (Lipinski definition) is 0. The largest absolute Gasteiger partial charge is 0.341 e. The van der Waals surface area contributed by atoms with Crippen molar-refractivity contribution in [2.24, 2.45) is 11.8 Å². The van der Waals surface area contributed by atoms with E-state index in [2.05, 4.69) is 28.5 Å². The van der Waals surface area contributed by atoms with Gasteiger partial charge in [-0.15, -0.1) is 0 Å². The maximum absolute atomic E-state index is 14.2. The van der Waals surface area contributed by atoms with E-state index in [4.69, 9.17) is 0 Å². The van der Waals surface area contributed by atoms with E-state index in [-0.39, 0.29) is 35.3 Å². The number of halogens is 1. The second-order valence-electron chi connectivity index (χ2n) is 13.0. The highest BCUT2D eigenvalue weighted by atomic mass is 19.1. The first-order chi connectivity index (χ1) is 17.8. The van der Waals surface area contributed by atoms with E-state index in [1.54, 1.807) is 6.07 Å². The molecular formula is C30H43FN4O2. The number of urea groups is 1. The second kappa shape index (κ2) is 9.55. The topological polar surface area (TPSA) is 47.1 Å². The lowest BCUT2D eigenvalue weighted by Crippen LogP contribution is -2.60. The average Bonchev–Trinajstić information content (AvgIpc) is 3.62. The van der Waals surface area contributed by atoms with Gasteiger partial charge in [-0.1, -0.05) is 25.0 Å². The zero-order chi connectivity index (χ0) is 25.9. The number of fused-ring (bicyclic) bond motifs is 2. The van der Waals surface area contributed by atoms with Crippen molar-refractivity contribution in [2.45, 2.75) is 94.8 Å². The van der Waals surface area contributed by atoms with Crippen LogP contribution in [0.15, 0.2) is 24.3 Å². The lowest BCUT2D eigenvalue weighted by atomic mass is 9.80. The second-order valence-corrected chi connectivity index (χ2v) is 13.0. The van der Waals surface area contributed by atoms with E-state index in [0.29, 0.717) is 30.5 Å². The minimum Gasteiger partial charge on any atom is -0.341 e. The van der Waals surface area contributed by atoms with Crippen LogP contribution in [0, 0.1) is 17.7 Å². The molecule has 2 unspecified atom stereocenters. The number of likely N-dealkylation sites (tertiary alicyclic amines) is 1. The molecule has 0 radical (unpaired) electrons. The molecule has 3 amide bonds. The molecule has 7 heteroatoms. The van der Waals surface area contributed by atoms with E-state index in [9.17, 15) is 14.0 Å². The zero-order valence-corrected chi connectivity index (χ0v) is 22.7. The van der Waals surface area contributed by atoms with Crippen molar-refractivity contribution in [3.8, 4) is 0 Å². The Morgan fingerprint density at radius 2 is 1.78 bits per heavy atom. The molecule has 6 nitrogen and oxygen atoms in total. The van der Waals surface area contributed by atoms with Crippen LogP contribution in [0.25, 0.3) is 0 Å². The lowest BCUT2D eigenvalue weighted by Gasteiger charge is -2.50. The van der Waals surface area contributed by atoms with Crippen molar-refractivity contribution in [3.05, 3.63) is 35.6 Å². The summed E-state index contributed by atoms with van der Waals surface area (Å²) in [5, 5.41) is 0. The van der Waals surface area contributed by atoms with E-state index in [1.165, 1.54) is 18.9 Å². The molecule has 1 spiro atoms. The normalized spacial score (nSPS) is 34.6. The Kier molecular flexibility index (Phi) is 6.49. The predicted molar refractivity (Wildman–Crippen MR) is 142 cm³/mol. The van der Waals surface area contributed by atoms with Crippen molar-refractivity contribution >= 4 is 11.9 Å². The molecule has 37 heavy (non-hydrogen) atoms. The van der Waals surface area contributed by atoms with Gasteiger partial charge in [0.05, 0.1) is 5.54 Å². The first-order valence-electron chi connectivity index (χ1n) is 14.6. The molecule has 1 aliphatic carbocycles. The number of amides is 3. The summed E-state index contributed by atoms with van der Waals surface area (Å²) in [4.78, 5) is 35.3. The molecule has 5 aliphatic rings. The summed E-state index contributed by atoms with van der Waals surface area (Å²) in [7, 11) is 1.94. The van der Waals surface area contributed by atoms with Crippen molar-refractivity contribution < 1.29 is 14.0 Å². The molecule has 4 aliphatic heterocycles. The van der Waals surface area contributed by atoms with Crippen LogP contribution in [0.5, 0.6) is 0 Å². The van der Waals surface area contributed by atoms with Gasteiger partial charge in [-0.3, -0.25) is 9.69 Å². The molecule has 1 aromatic rings. The van der Waals surface area contributed by atoms with E-state index >= 15 is 0 Å². The number of hydrogen-bond acceptors (Lipinski definition) is 3. The van der Waals surface area contributed by atoms with Gasteiger partial charge in [0.1, 0.15) is 5.82 Å². The van der Waals surface area contributed by atoms with E-state index < -0.39 is 0 Å². The zero-order valence-electron chi connectivity index (χ0n) is 22.7. The lowest BCUT2D eigenvalue weighted by molar-refractivity contribution is -0.134. The number of nitrogens with zero attached hydrogens (tertiary/aromatic N) is 4. The molecule has 2 bridgehead atoms. The third kappa shape index (κ3) is 4.35. The van der Waals surface area contributed by atoms with Crippen LogP contribution < -0.4 is 0 Å². The highest BCUT2D eigenvalue weighted by Gasteiger charge is 2.57. The Bertz CT molecular complexity index is 1030. The van der Waals surface area contributed by atoms with E-state index in [1.807, 2.05) is 24.1 Å². The van der Waals surface area contributed by atoms with Gasteiger partial charge < -0.3 is 14.7 Å². The molecule has 5 fully saturated rings. The fraction of sp³-hybridized carbons (Fsp3) is 0.733. The highest BCUT2D eigenvalue weighted by molar-refractivity contribution is 5.79. The summed E-state index contributed by atoms with van der Waals surface area (Å²) in [6, 6.07) is 8.35. The van der Waals surface area contributed by atoms with E-state index in [0.717, 1.165) is 63.7 Å². The first-order valence-corrected chi connectivity index (χ1v) is 14.6. The molecule has 1 aromatic carbocycles. The Morgan fingerprint density at radius 1 is 1.08 bits per heavy atom. The van der Waals surface area contributed by atoms with Gasteiger partial charge in [-0.25, -0.2) is 9.18 Å². The van der Waals surface area contributed by atoms with Crippen LogP contribution in [0.4, 0.5) is 9.18 Å². The Labute approximate surface area is 221 Å². The highest BCUT2D eigenvalue weighted by Crippen LogP contribution is 2.48. The SMILES string of the molecule is CC(C)N1C(=O)N(C)CC12CC1CCC(C2)N1C[C@H]1CN(C(=O)C2CCCC2)C[C@@H]1c1cccc(F)c1. The Morgan fingerprint density at radius 3 is 2.43 bits per heavy atom. The molecule has 1 saturated carbocycles. The molecule has 4 heterocycles. The van der Waals surface area contributed by atoms with Crippen LogP contribution in [0.2, 0.25) is 0 Å². The number of likely N-dealkylation sites (N-methyl/N-ethyl adjacent to an activating group) is 1. The summed E-state index contributed by atoms with van der Waals surface area (Å²) in [6.45, 7) is 7.54. The molecule has 4 saturated heterocycles. The standard InChI is InChI=1S/C30H43FN4O2/c1-20(2)35-29(37)32(3)19-30(35)14-25-11-12-26(15-30)34(25)17-23-16-33(28(36)21-7-4-5-8-21)18-27(23)22-9-6-10-24(31)13-22/h6,9-10,13,20-21,23,25-27H,4-5,7-8,11-12,14-19H2,1-3H3/t23-,25?,26?,27-,30?/m1/s1. The van der Waals surface area contributed by atoms with Gasteiger partial charge in [0.2, 0.25) is 5.91 Å². The van der Waals surface area contributed by atoms with Crippen molar-refractivity contribution in [3.63, 3.8) is 0 Å². The van der Waals surface area contributed by atoms with Gasteiger partial charge in [0, 0.05) is 63.2 Å². The number of rotatable bonds is 5. The third-order valence-electron chi connectivity index (χ3n) is 10.3. The number of carbonyl (C=O) groups excluding carboxylic acids is 2. The van der Waals surface area contributed by atoms with Crippen molar-refractivity contribution in [1.29, 1.82) is 0 Å². The summed E-state index contributed by atoms with van der Waals surface area (Å²) in [5.41, 5.74) is 0.964. The fourth-order valence-corrected chi connectivity index (χ4v) is 8.83. The van der Waals surface area contributed by atoms with Crippen LogP contribution in [0.1, 0.15) is 76.7 Å². The Balaban J connectivity index is 1.22. The van der Waals surface area contributed by atoms with Gasteiger partial charge in [0.25, 0.3) is 0 Å². The third-order valence-corrected chi connectivity index (χ3v) is 10.3. The number of carbonyl (C=O) groups is 2. The first kappa shape index (κ1) is 25.1. The molecular weight excluding hydrogens is 467 g/mol. The molecule has 0 N–H and O–H groups in total. The minimum absolute atomic E-state index is 0.0650. The van der Waals surface area contributed by atoms with Crippen LogP contribution in [0.3, 0.4) is 0 Å². The fourth-order valence-electron chi connectivity index (χ4n) is 8.83. The average molecular weight is 511 g/mol. The van der Waals surface area contributed by atoms with Crippen molar-refractivity contribution in [1.82, 2.24) is 19.6 Å². The summed E-state index contributed by atoms with van der Waals surface area (Å²) in [6.07, 6.45) is 8.76. The molecule has 4 atom stereocenters. The minimum atomic E-state index is -0.194. The maximum Gasteiger partial charge on any atom is 0.320 e. The van der Waals surface area contributed by atoms with Gasteiger partial charge >= 0.3 is 6.03 Å². The number of piperidine rings is 1. The number of benzene rings is 1. The molecule has 6 rings (SSSR count). The quantitative estimate of drug-likeness (QED) is 0.577. The molecule has 0 aromatic heterocycles. The van der Waals surface area contributed by atoms with Crippen LogP contribution >= 0.6 is 0 Å². The van der Waals surface area contributed by atoms with Crippen LogP contribution in [-0.2, 0) is 4.79 Å². The summed E-state index contributed by atoms with van der Waals surface area (Å²) in [5.74, 6) is 0.778. The van der Waals surface area contributed by atoms with Crippen molar-refractivity contribution in [2.75, 3.05) is 33.2 Å². The van der Waals surface area contributed by atoms with Gasteiger partial charge in [-0.05, 0) is 76.0 Å². The summed E-state index contributed by atoms with van der Waals surface area (Å²) >= 11 is 0. The monoisotopic (exact) mass is 510 g/mol. The predicted octanol–water partition coefficient (Wildman–Crippen LogP) is 4.70. The van der Waals surface area contributed by atoms with Gasteiger partial charge in [0.15, 0.2) is 0 Å². The summed E-state index contributed by atoms with van der Waals surface area (Å²) < 4.78 is 14.2. The van der Waals surface area contributed by atoms with Gasteiger partial charge in [-0.2, -0.15) is 0 Å². The van der Waals surface area contributed by atoms with Crippen LogP contribution in [-0.4, -0.2) is 88.4 Å². The Hall–Kier alpha value is -2.15. The molecule has 202 valence electrons. The smallest absolute Gasteiger partial charge is 0.320 e.